The lowest BCUT2D eigenvalue weighted by molar-refractivity contribution is 0.130. The van der Waals surface area contributed by atoms with Crippen LogP contribution < -0.4 is 5.32 Å². The van der Waals surface area contributed by atoms with Crippen LogP contribution in [0.25, 0.3) is 0 Å². The number of hydrogen-bond donors (Lipinski definition) is 1. The molecule has 82 valence electrons. The highest BCUT2D eigenvalue weighted by Gasteiger charge is 2.07. The van der Waals surface area contributed by atoms with E-state index in [2.05, 4.69) is 5.32 Å². The van der Waals surface area contributed by atoms with Crippen LogP contribution in [0.1, 0.15) is 19.4 Å². The number of aryl methyl sites for hydroxylation is 1. The summed E-state index contributed by atoms with van der Waals surface area (Å²) in [6, 6.07) is 4.15. The average Bonchev–Trinajstić information content (AvgIpc) is 2.08. The van der Waals surface area contributed by atoms with Gasteiger partial charge >= 0.3 is 6.09 Å². The highest BCUT2D eigenvalue weighted by Crippen LogP contribution is 2.15. The van der Waals surface area contributed by atoms with Gasteiger partial charge in [0.2, 0.25) is 0 Å². The molecule has 0 unspecified atom stereocenters. The Hall–Kier alpha value is -1.58. The zero-order valence-electron chi connectivity index (χ0n) is 9.00. The fourth-order valence-corrected chi connectivity index (χ4v) is 1.12. The highest BCUT2D eigenvalue weighted by atomic mass is 19.1. The second-order valence-electron chi connectivity index (χ2n) is 3.54. The molecule has 3 nitrogen and oxygen atoms in total. The average molecular weight is 211 g/mol. The summed E-state index contributed by atoms with van der Waals surface area (Å²) in [6.45, 7) is 5.24. The second kappa shape index (κ2) is 4.77. The number of halogens is 1. The van der Waals surface area contributed by atoms with Gasteiger partial charge in [0.05, 0.1) is 6.10 Å². The van der Waals surface area contributed by atoms with Gasteiger partial charge in [-0.3, -0.25) is 5.32 Å². The van der Waals surface area contributed by atoms with E-state index in [0.29, 0.717) is 11.3 Å². The standard InChI is InChI=1S/C11H14FNO2/c1-7(2)15-11(14)13-10-5-4-9(12)6-8(10)3/h4-7H,1-3H3,(H,13,14). The summed E-state index contributed by atoms with van der Waals surface area (Å²) in [5.74, 6) is -0.324. The Morgan fingerprint density at radius 3 is 2.67 bits per heavy atom. The predicted octanol–water partition coefficient (Wildman–Crippen LogP) is 3.09. The van der Waals surface area contributed by atoms with E-state index in [1.807, 2.05) is 0 Å². The maximum atomic E-state index is 12.8. The molecule has 0 radical (unpaired) electrons. The Morgan fingerprint density at radius 2 is 2.13 bits per heavy atom. The molecule has 0 spiro atoms. The molecule has 1 amide bonds. The Morgan fingerprint density at radius 1 is 1.47 bits per heavy atom. The number of ether oxygens (including phenoxy) is 1. The van der Waals surface area contributed by atoms with Gasteiger partial charge in [0.15, 0.2) is 0 Å². The van der Waals surface area contributed by atoms with Crippen molar-refractivity contribution in [1.29, 1.82) is 0 Å². The number of carbonyl (C=O) groups is 1. The van der Waals surface area contributed by atoms with Crippen molar-refractivity contribution in [2.45, 2.75) is 26.9 Å². The molecule has 0 atom stereocenters. The smallest absolute Gasteiger partial charge is 0.411 e. The van der Waals surface area contributed by atoms with E-state index in [0.717, 1.165) is 0 Å². The quantitative estimate of drug-likeness (QED) is 0.816. The minimum Gasteiger partial charge on any atom is -0.447 e. The summed E-state index contributed by atoms with van der Waals surface area (Å²) in [5, 5.41) is 2.54. The monoisotopic (exact) mass is 211 g/mol. The van der Waals surface area contributed by atoms with Crippen LogP contribution >= 0.6 is 0 Å². The number of amides is 1. The van der Waals surface area contributed by atoms with E-state index >= 15 is 0 Å². The minimum atomic E-state index is -0.528. The van der Waals surface area contributed by atoms with Crippen molar-refractivity contribution < 1.29 is 13.9 Å². The van der Waals surface area contributed by atoms with Crippen molar-refractivity contribution in [3.8, 4) is 0 Å². The van der Waals surface area contributed by atoms with Gasteiger partial charge < -0.3 is 4.74 Å². The van der Waals surface area contributed by atoms with E-state index in [1.54, 1.807) is 20.8 Å². The first-order valence-corrected chi connectivity index (χ1v) is 4.73. The Kier molecular flexibility index (Phi) is 3.66. The number of benzene rings is 1. The molecular formula is C11H14FNO2. The molecule has 0 heterocycles. The summed E-state index contributed by atoms with van der Waals surface area (Å²) < 4.78 is 17.6. The van der Waals surface area contributed by atoms with Gasteiger partial charge in [-0.25, -0.2) is 9.18 Å². The molecule has 15 heavy (non-hydrogen) atoms. The van der Waals surface area contributed by atoms with Crippen molar-refractivity contribution in [3.63, 3.8) is 0 Å². The minimum absolute atomic E-state index is 0.175. The van der Waals surface area contributed by atoms with Crippen LogP contribution in [-0.2, 0) is 4.74 Å². The fourth-order valence-electron chi connectivity index (χ4n) is 1.12. The van der Waals surface area contributed by atoms with Crippen molar-refractivity contribution >= 4 is 11.8 Å². The third kappa shape index (κ3) is 3.58. The first-order valence-electron chi connectivity index (χ1n) is 4.73. The summed E-state index contributed by atoms with van der Waals surface area (Å²) in [4.78, 5) is 11.2. The molecule has 0 aliphatic rings. The fraction of sp³-hybridized carbons (Fsp3) is 0.364. The third-order valence-corrected chi connectivity index (χ3v) is 1.77. The van der Waals surface area contributed by atoms with Crippen LogP contribution in [0, 0.1) is 12.7 Å². The largest absolute Gasteiger partial charge is 0.447 e. The zero-order chi connectivity index (χ0) is 11.4. The molecule has 1 aromatic rings. The van der Waals surface area contributed by atoms with Gasteiger partial charge in [-0.15, -0.1) is 0 Å². The molecule has 0 bridgehead atoms. The third-order valence-electron chi connectivity index (χ3n) is 1.77. The van der Waals surface area contributed by atoms with E-state index in [1.165, 1.54) is 18.2 Å². The van der Waals surface area contributed by atoms with Crippen LogP contribution in [0.2, 0.25) is 0 Å². The second-order valence-corrected chi connectivity index (χ2v) is 3.54. The number of rotatable bonds is 2. The lowest BCUT2D eigenvalue weighted by Gasteiger charge is -2.11. The molecule has 0 aromatic heterocycles. The maximum absolute atomic E-state index is 12.8. The van der Waals surface area contributed by atoms with Crippen LogP contribution in [0.5, 0.6) is 0 Å². The summed E-state index contributed by atoms with van der Waals surface area (Å²) in [6.07, 6.45) is -0.703. The topological polar surface area (TPSA) is 38.3 Å². The van der Waals surface area contributed by atoms with Gasteiger partial charge in [-0.1, -0.05) is 0 Å². The highest BCUT2D eigenvalue weighted by molar-refractivity contribution is 5.85. The van der Waals surface area contributed by atoms with Crippen molar-refractivity contribution in [2.24, 2.45) is 0 Å². The van der Waals surface area contributed by atoms with Gasteiger partial charge in [-0.2, -0.15) is 0 Å². The maximum Gasteiger partial charge on any atom is 0.411 e. The molecule has 1 N–H and O–H groups in total. The molecule has 0 aliphatic heterocycles. The molecule has 0 saturated carbocycles. The summed E-state index contributed by atoms with van der Waals surface area (Å²) in [7, 11) is 0. The molecule has 0 aliphatic carbocycles. The summed E-state index contributed by atoms with van der Waals surface area (Å²) in [5.41, 5.74) is 1.22. The molecule has 1 rings (SSSR count). The van der Waals surface area contributed by atoms with Gasteiger partial charge in [-0.05, 0) is 44.5 Å². The number of carbonyl (C=O) groups excluding carboxylic acids is 1. The SMILES string of the molecule is Cc1cc(F)ccc1NC(=O)OC(C)C. The zero-order valence-corrected chi connectivity index (χ0v) is 9.00. The van der Waals surface area contributed by atoms with Crippen molar-refractivity contribution in [2.75, 3.05) is 5.32 Å². The number of anilines is 1. The normalized spacial score (nSPS) is 10.2. The van der Waals surface area contributed by atoms with Crippen LogP contribution in [0.3, 0.4) is 0 Å². The first-order chi connectivity index (χ1) is 6.99. The number of nitrogens with one attached hydrogen (secondary N) is 1. The lowest BCUT2D eigenvalue weighted by atomic mass is 10.2. The van der Waals surface area contributed by atoms with E-state index in [4.69, 9.17) is 4.74 Å². The summed E-state index contributed by atoms with van der Waals surface area (Å²) >= 11 is 0. The first kappa shape index (κ1) is 11.5. The van der Waals surface area contributed by atoms with Crippen LogP contribution in [-0.4, -0.2) is 12.2 Å². The van der Waals surface area contributed by atoms with E-state index < -0.39 is 6.09 Å². The van der Waals surface area contributed by atoms with Crippen LogP contribution in [0.15, 0.2) is 18.2 Å². The Labute approximate surface area is 88.2 Å². The van der Waals surface area contributed by atoms with Crippen molar-refractivity contribution in [3.05, 3.63) is 29.6 Å². The molecular weight excluding hydrogens is 197 g/mol. The predicted molar refractivity (Wildman–Crippen MR) is 56.4 cm³/mol. The Bertz CT molecular complexity index is 364. The number of hydrogen-bond acceptors (Lipinski definition) is 2. The van der Waals surface area contributed by atoms with Crippen molar-refractivity contribution in [1.82, 2.24) is 0 Å². The van der Waals surface area contributed by atoms with E-state index in [9.17, 15) is 9.18 Å². The van der Waals surface area contributed by atoms with Crippen LogP contribution in [0.4, 0.5) is 14.9 Å². The Balaban J connectivity index is 2.68. The molecule has 0 saturated heterocycles. The molecule has 0 fully saturated rings. The lowest BCUT2D eigenvalue weighted by Crippen LogP contribution is -2.18. The van der Waals surface area contributed by atoms with Gasteiger partial charge in [0.25, 0.3) is 0 Å². The van der Waals surface area contributed by atoms with Gasteiger partial charge in [0, 0.05) is 5.69 Å². The van der Waals surface area contributed by atoms with Gasteiger partial charge in [0.1, 0.15) is 5.82 Å². The molecule has 1 aromatic carbocycles. The van der Waals surface area contributed by atoms with E-state index in [-0.39, 0.29) is 11.9 Å². The molecule has 4 heteroatoms.